The van der Waals surface area contributed by atoms with E-state index in [2.05, 4.69) is 0 Å². The number of cyclic esters (lactones) is 1. The molecular formula is C21H20O7. The first-order valence-corrected chi connectivity index (χ1v) is 9.14. The fourth-order valence-electron chi connectivity index (χ4n) is 4.37. The van der Waals surface area contributed by atoms with Crippen molar-refractivity contribution in [3.05, 3.63) is 35.4 Å². The minimum atomic E-state index is -0.859. The largest absolute Gasteiger partial charge is 0.493 e. The van der Waals surface area contributed by atoms with E-state index in [-0.39, 0.29) is 25.3 Å². The molecule has 2 heterocycles. The minimum absolute atomic E-state index is 0.140. The highest BCUT2D eigenvalue weighted by Crippen LogP contribution is 2.49. The Labute approximate surface area is 161 Å². The molecule has 28 heavy (non-hydrogen) atoms. The monoisotopic (exact) mass is 384 g/mol. The number of rotatable bonds is 2. The van der Waals surface area contributed by atoms with Gasteiger partial charge in [-0.3, -0.25) is 4.79 Å². The summed E-state index contributed by atoms with van der Waals surface area (Å²) in [6.07, 6.45) is -0.411. The summed E-state index contributed by atoms with van der Waals surface area (Å²) in [5.74, 6) is 1.34. The smallest absolute Gasteiger partial charge is 0.309 e. The summed E-state index contributed by atoms with van der Waals surface area (Å²) >= 11 is 0. The molecule has 2 aliphatic heterocycles. The number of benzene rings is 2. The molecule has 0 spiro atoms. The molecule has 0 radical (unpaired) electrons. The number of aliphatic hydroxyl groups excluding tert-OH is 1. The van der Waals surface area contributed by atoms with E-state index in [1.807, 2.05) is 18.2 Å². The number of methoxy groups -OCH3 is 2. The van der Waals surface area contributed by atoms with Crippen molar-refractivity contribution in [2.45, 2.75) is 12.5 Å². The molecule has 2 aromatic rings. The van der Waals surface area contributed by atoms with E-state index in [1.54, 1.807) is 20.3 Å². The number of fused-ring (bicyclic) bond motifs is 5. The lowest BCUT2D eigenvalue weighted by Gasteiger charge is -2.29. The molecule has 7 heteroatoms. The molecule has 7 nitrogen and oxygen atoms in total. The van der Waals surface area contributed by atoms with Gasteiger partial charge in [0.1, 0.15) is 0 Å². The zero-order chi connectivity index (χ0) is 19.4. The molecule has 1 aliphatic carbocycles. The molecule has 2 aromatic carbocycles. The van der Waals surface area contributed by atoms with Gasteiger partial charge in [0.2, 0.25) is 6.79 Å². The summed E-state index contributed by atoms with van der Waals surface area (Å²) in [6, 6.07) is 7.45. The second kappa shape index (κ2) is 6.31. The highest BCUT2D eigenvalue weighted by molar-refractivity contribution is 5.81. The van der Waals surface area contributed by atoms with Gasteiger partial charge in [0, 0.05) is 5.92 Å². The van der Waals surface area contributed by atoms with Gasteiger partial charge in [-0.05, 0) is 52.9 Å². The predicted molar refractivity (Wildman–Crippen MR) is 97.7 cm³/mol. The number of hydrogen-bond acceptors (Lipinski definition) is 7. The Kier molecular flexibility index (Phi) is 3.87. The van der Waals surface area contributed by atoms with Crippen molar-refractivity contribution in [1.82, 2.24) is 0 Å². The Morgan fingerprint density at radius 1 is 0.964 bits per heavy atom. The first-order valence-electron chi connectivity index (χ1n) is 9.14. The van der Waals surface area contributed by atoms with Crippen LogP contribution in [0.2, 0.25) is 0 Å². The Balaban J connectivity index is 1.78. The maximum atomic E-state index is 12.4. The first-order chi connectivity index (χ1) is 13.6. The second-order valence-electron chi connectivity index (χ2n) is 7.21. The van der Waals surface area contributed by atoms with Gasteiger partial charge >= 0.3 is 5.97 Å². The predicted octanol–water partition coefficient (Wildman–Crippen LogP) is 2.48. The lowest BCUT2D eigenvalue weighted by atomic mass is 9.76. The molecule has 0 bridgehead atoms. The average Bonchev–Trinajstić information content (AvgIpc) is 3.31. The number of carbonyl (C=O) groups is 1. The number of esters is 1. The van der Waals surface area contributed by atoms with Crippen LogP contribution in [-0.2, 0) is 16.0 Å². The molecule has 1 N–H and O–H groups in total. The van der Waals surface area contributed by atoms with Crippen LogP contribution in [0.3, 0.4) is 0 Å². The third kappa shape index (κ3) is 2.43. The Hall–Kier alpha value is -2.93. The first kappa shape index (κ1) is 17.2. The Morgan fingerprint density at radius 2 is 1.68 bits per heavy atom. The van der Waals surface area contributed by atoms with Crippen molar-refractivity contribution in [2.75, 3.05) is 27.6 Å². The van der Waals surface area contributed by atoms with Crippen LogP contribution in [0.1, 0.15) is 17.2 Å². The molecular weight excluding hydrogens is 364 g/mol. The highest BCUT2D eigenvalue weighted by atomic mass is 16.7. The van der Waals surface area contributed by atoms with E-state index in [4.69, 9.17) is 23.7 Å². The van der Waals surface area contributed by atoms with Gasteiger partial charge in [0.05, 0.1) is 32.8 Å². The number of aliphatic hydroxyl groups is 1. The number of hydrogen-bond donors (Lipinski definition) is 1. The molecule has 0 amide bonds. The van der Waals surface area contributed by atoms with Gasteiger partial charge in [-0.2, -0.15) is 0 Å². The SMILES string of the molecule is COc1cc2c(cc1OC)-c1cc3c(cc1[C@H](O)[C@H]1COC(=O)[C@@H]1C2)OCO3. The molecule has 3 atom stereocenters. The molecule has 1 fully saturated rings. The molecule has 0 unspecified atom stereocenters. The second-order valence-corrected chi connectivity index (χ2v) is 7.21. The van der Waals surface area contributed by atoms with Gasteiger partial charge in [0.25, 0.3) is 0 Å². The summed E-state index contributed by atoms with van der Waals surface area (Å²) in [6.45, 7) is 0.335. The maximum absolute atomic E-state index is 12.4. The van der Waals surface area contributed by atoms with E-state index < -0.39 is 12.0 Å². The van der Waals surface area contributed by atoms with Crippen LogP contribution in [-0.4, -0.2) is 38.7 Å². The summed E-state index contributed by atoms with van der Waals surface area (Å²) in [5.41, 5.74) is 3.30. The summed E-state index contributed by atoms with van der Waals surface area (Å²) in [7, 11) is 3.16. The van der Waals surface area contributed by atoms with E-state index >= 15 is 0 Å². The number of carbonyl (C=O) groups excluding carboxylic acids is 1. The van der Waals surface area contributed by atoms with E-state index in [9.17, 15) is 9.90 Å². The van der Waals surface area contributed by atoms with Gasteiger partial charge in [-0.15, -0.1) is 0 Å². The van der Waals surface area contributed by atoms with Crippen LogP contribution in [0.25, 0.3) is 11.1 Å². The fourth-order valence-corrected chi connectivity index (χ4v) is 4.37. The van der Waals surface area contributed by atoms with Crippen LogP contribution >= 0.6 is 0 Å². The van der Waals surface area contributed by atoms with Crippen LogP contribution in [0.15, 0.2) is 24.3 Å². The van der Waals surface area contributed by atoms with E-state index in [0.29, 0.717) is 35.0 Å². The van der Waals surface area contributed by atoms with Crippen molar-refractivity contribution in [1.29, 1.82) is 0 Å². The fraction of sp³-hybridized carbons (Fsp3) is 0.381. The average molecular weight is 384 g/mol. The lowest BCUT2D eigenvalue weighted by Crippen LogP contribution is -2.26. The normalized spacial score (nSPS) is 24.4. The van der Waals surface area contributed by atoms with Crippen molar-refractivity contribution in [2.24, 2.45) is 11.8 Å². The summed E-state index contributed by atoms with van der Waals surface area (Å²) in [4.78, 5) is 12.4. The molecule has 146 valence electrons. The van der Waals surface area contributed by atoms with Crippen molar-refractivity contribution >= 4 is 5.97 Å². The third-order valence-corrected chi connectivity index (χ3v) is 5.85. The quantitative estimate of drug-likeness (QED) is 0.797. The van der Waals surface area contributed by atoms with Crippen molar-refractivity contribution in [3.8, 4) is 34.1 Å². The zero-order valence-electron chi connectivity index (χ0n) is 15.6. The molecule has 0 saturated carbocycles. The van der Waals surface area contributed by atoms with Gasteiger partial charge in [-0.1, -0.05) is 0 Å². The van der Waals surface area contributed by atoms with Crippen LogP contribution in [0, 0.1) is 11.8 Å². The zero-order valence-corrected chi connectivity index (χ0v) is 15.6. The minimum Gasteiger partial charge on any atom is -0.493 e. The summed E-state index contributed by atoms with van der Waals surface area (Å²) < 4.78 is 27.3. The van der Waals surface area contributed by atoms with Gasteiger partial charge in [0.15, 0.2) is 23.0 Å². The molecule has 3 aliphatic rings. The van der Waals surface area contributed by atoms with Crippen molar-refractivity contribution < 1.29 is 33.6 Å². The molecule has 0 aromatic heterocycles. The van der Waals surface area contributed by atoms with Crippen LogP contribution in [0.4, 0.5) is 0 Å². The number of ether oxygens (including phenoxy) is 5. The van der Waals surface area contributed by atoms with E-state index in [1.165, 1.54) is 0 Å². The van der Waals surface area contributed by atoms with E-state index in [0.717, 1.165) is 16.7 Å². The van der Waals surface area contributed by atoms with Gasteiger partial charge < -0.3 is 28.8 Å². The standard InChI is InChI=1S/C21H20O7/c1-24-16-4-10-3-14-15(8-26-21(14)23)20(22)13-7-19-18(27-9-28-19)6-12(13)11(10)5-17(16)25-2/h4-7,14-15,20,22H,3,8-9H2,1-2H3/t14-,15+,20+/m1/s1. The Morgan fingerprint density at radius 3 is 2.43 bits per heavy atom. The Bertz CT molecular complexity index is 968. The molecule has 5 rings (SSSR count). The molecule has 1 saturated heterocycles. The van der Waals surface area contributed by atoms with Gasteiger partial charge in [-0.25, -0.2) is 0 Å². The van der Waals surface area contributed by atoms with Crippen LogP contribution in [0.5, 0.6) is 23.0 Å². The topological polar surface area (TPSA) is 83.5 Å². The third-order valence-electron chi connectivity index (χ3n) is 5.85. The van der Waals surface area contributed by atoms with Crippen LogP contribution < -0.4 is 18.9 Å². The van der Waals surface area contributed by atoms with Crippen molar-refractivity contribution in [3.63, 3.8) is 0 Å². The summed E-state index contributed by atoms with van der Waals surface area (Å²) in [5, 5.41) is 11.2. The maximum Gasteiger partial charge on any atom is 0.309 e. The lowest BCUT2D eigenvalue weighted by molar-refractivity contribution is -0.141. The highest BCUT2D eigenvalue weighted by Gasteiger charge is 2.44.